The molecule has 0 aromatic heterocycles. The Morgan fingerprint density at radius 3 is 1.93 bits per heavy atom. The van der Waals surface area contributed by atoms with Crippen molar-refractivity contribution in [3.63, 3.8) is 0 Å². The average Bonchev–Trinajstić information content (AvgIpc) is 2.85. The highest BCUT2D eigenvalue weighted by atomic mass is 16.5. The molecule has 0 aliphatic carbocycles. The maximum atomic E-state index is 11.8. The van der Waals surface area contributed by atoms with Gasteiger partial charge < -0.3 is 35.6 Å². The number of aliphatic hydroxyl groups is 2. The maximum absolute atomic E-state index is 11.8. The van der Waals surface area contributed by atoms with E-state index in [1.807, 2.05) is 52.0 Å². The Bertz CT molecular complexity index is 1190. The minimum absolute atomic E-state index is 0.0494. The SMILES string of the molecule is CC(C)Oc1ccc(C2NN(C(N)=NNC(NC(O)(C(=O)O)C(O)C(=O)O)c3ccc(OC(C)C)cc3)N2)cc1. The Kier molecular flexibility index (Phi) is 9.73. The van der Waals surface area contributed by atoms with Crippen LogP contribution in [0.5, 0.6) is 11.5 Å². The zero-order chi connectivity index (χ0) is 29.6. The van der Waals surface area contributed by atoms with Gasteiger partial charge in [-0.05, 0) is 63.1 Å². The molecule has 3 atom stereocenters. The molecule has 15 nitrogen and oxygen atoms in total. The molecule has 0 bridgehead atoms. The number of carboxylic acids is 2. The number of guanidine groups is 1. The summed E-state index contributed by atoms with van der Waals surface area (Å²) in [6, 6.07) is 13.7. The lowest BCUT2D eigenvalue weighted by molar-refractivity contribution is -0.190. The van der Waals surface area contributed by atoms with Crippen molar-refractivity contribution in [2.75, 3.05) is 0 Å². The Morgan fingerprint density at radius 1 is 0.975 bits per heavy atom. The van der Waals surface area contributed by atoms with Crippen molar-refractivity contribution in [2.45, 2.75) is 64.1 Å². The Labute approximate surface area is 230 Å². The van der Waals surface area contributed by atoms with Crippen molar-refractivity contribution in [1.29, 1.82) is 0 Å². The van der Waals surface area contributed by atoms with Gasteiger partial charge in [-0.3, -0.25) is 10.7 Å². The number of hydrazone groups is 1. The van der Waals surface area contributed by atoms with Gasteiger partial charge in [0.05, 0.1) is 12.2 Å². The molecule has 0 spiro atoms. The first-order valence-corrected chi connectivity index (χ1v) is 12.4. The smallest absolute Gasteiger partial charge is 0.354 e. The normalized spacial score (nSPS) is 17.1. The van der Waals surface area contributed by atoms with E-state index >= 15 is 0 Å². The molecule has 0 amide bonds. The van der Waals surface area contributed by atoms with Crippen molar-refractivity contribution in [3.05, 3.63) is 59.7 Å². The van der Waals surface area contributed by atoms with Gasteiger partial charge in [0, 0.05) is 0 Å². The summed E-state index contributed by atoms with van der Waals surface area (Å²) >= 11 is 0. The molecular formula is C25H35N7O8. The number of benzene rings is 2. The molecule has 0 saturated carbocycles. The monoisotopic (exact) mass is 561 g/mol. The Morgan fingerprint density at radius 2 is 1.48 bits per heavy atom. The third-order valence-electron chi connectivity index (χ3n) is 5.54. The predicted octanol–water partition coefficient (Wildman–Crippen LogP) is -0.0892. The number of hydrazine groups is 2. The molecule has 1 heterocycles. The molecule has 1 aliphatic rings. The van der Waals surface area contributed by atoms with Gasteiger partial charge in [-0.1, -0.05) is 24.3 Å². The van der Waals surface area contributed by atoms with Crippen LogP contribution in [0.3, 0.4) is 0 Å². The molecule has 0 radical (unpaired) electrons. The highest BCUT2D eigenvalue weighted by Gasteiger charge is 2.49. The van der Waals surface area contributed by atoms with Crippen molar-refractivity contribution in [2.24, 2.45) is 10.8 Å². The highest BCUT2D eigenvalue weighted by molar-refractivity contribution is 5.86. The maximum Gasteiger partial charge on any atom is 0.354 e. The quantitative estimate of drug-likeness (QED) is 0.0675. The van der Waals surface area contributed by atoms with E-state index in [2.05, 4.69) is 26.7 Å². The van der Waals surface area contributed by atoms with Crippen LogP contribution in [-0.4, -0.2) is 67.5 Å². The van der Waals surface area contributed by atoms with Crippen LogP contribution in [0.25, 0.3) is 0 Å². The van der Waals surface area contributed by atoms with Crippen LogP contribution in [0, 0.1) is 0 Å². The van der Waals surface area contributed by atoms with Crippen molar-refractivity contribution in [1.82, 2.24) is 26.7 Å². The molecule has 15 heteroatoms. The van der Waals surface area contributed by atoms with Crippen LogP contribution in [0.4, 0.5) is 0 Å². The van der Waals surface area contributed by atoms with Crippen molar-refractivity contribution in [3.8, 4) is 11.5 Å². The molecule has 3 rings (SSSR count). The molecule has 1 aliphatic heterocycles. The topological polar surface area (TPSA) is 223 Å². The summed E-state index contributed by atoms with van der Waals surface area (Å²) in [5, 5.41) is 46.7. The van der Waals surface area contributed by atoms with E-state index in [4.69, 9.17) is 20.3 Å². The number of aliphatic hydroxyl groups excluding tert-OH is 1. The fourth-order valence-electron chi connectivity index (χ4n) is 3.59. The highest BCUT2D eigenvalue weighted by Crippen LogP contribution is 2.23. The summed E-state index contributed by atoms with van der Waals surface area (Å²) in [7, 11) is 0. The van der Waals surface area contributed by atoms with Crippen LogP contribution in [0.1, 0.15) is 51.2 Å². The van der Waals surface area contributed by atoms with E-state index < -0.39 is 29.9 Å². The molecule has 40 heavy (non-hydrogen) atoms. The third-order valence-corrected chi connectivity index (χ3v) is 5.54. The molecule has 1 fully saturated rings. The van der Waals surface area contributed by atoms with Crippen LogP contribution in [0.15, 0.2) is 53.6 Å². The lowest BCUT2D eigenvalue weighted by Gasteiger charge is -2.41. The van der Waals surface area contributed by atoms with Crippen LogP contribution >= 0.6 is 0 Å². The van der Waals surface area contributed by atoms with Crippen molar-refractivity contribution >= 4 is 17.9 Å². The number of hydrogen-bond acceptors (Lipinski definition) is 11. The van der Waals surface area contributed by atoms with Gasteiger partial charge in [0.2, 0.25) is 12.1 Å². The summed E-state index contributed by atoms with van der Waals surface area (Å²) in [5.41, 5.74) is 12.6. The second kappa shape index (κ2) is 12.8. The minimum atomic E-state index is -3.29. The van der Waals surface area contributed by atoms with E-state index in [1.165, 1.54) is 17.3 Å². The number of carboxylic acid groups (broad SMARTS) is 2. The van der Waals surface area contributed by atoms with E-state index in [-0.39, 0.29) is 24.3 Å². The van der Waals surface area contributed by atoms with Crippen LogP contribution in [-0.2, 0) is 9.59 Å². The Hall–Kier alpha value is -4.15. The van der Waals surface area contributed by atoms with Crippen molar-refractivity contribution < 1.29 is 39.5 Å². The molecular weight excluding hydrogens is 526 g/mol. The number of hydrogen-bond donors (Lipinski definition) is 9. The standard InChI is InChI=1S/C25H35N7O8/c1-13(2)39-17-9-5-15(6-10-17)20(27-25(38,23(36)37)19(33)22(34)35)28-29-24(26)32-30-21(31-32)16-7-11-18(12-8-16)40-14(3)4/h5-14,19-21,27-28,30-31,33,38H,1-4H3,(H2,26,29)(H,34,35)(H,36,37). The lowest BCUT2D eigenvalue weighted by atomic mass is 10.0. The van der Waals surface area contributed by atoms with E-state index in [0.717, 1.165) is 11.3 Å². The first-order valence-electron chi connectivity index (χ1n) is 12.4. The molecule has 3 unspecified atom stereocenters. The van der Waals surface area contributed by atoms with E-state index in [1.54, 1.807) is 12.1 Å². The fourth-order valence-corrected chi connectivity index (χ4v) is 3.59. The van der Waals surface area contributed by atoms with Gasteiger partial charge in [-0.15, -0.1) is 5.10 Å². The zero-order valence-corrected chi connectivity index (χ0v) is 22.4. The van der Waals surface area contributed by atoms with Gasteiger partial charge in [0.15, 0.2) is 0 Å². The summed E-state index contributed by atoms with van der Waals surface area (Å²) in [5.74, 6) is -2.85. The number of nitrogens with zero attached hydrogens (tertiary/aromatic N) is 2. The van der Waals surface area contributed by atoms with Crippen LogP contribution < -0.4 is 36.8 Å². The van der Waals surface area contributed by atoms with Gasteiger partial charge in [-0.2, -0.15) is 10.9 Å². The average molecular weight is 562 g/mol. The number of aliphatic carboxylic acids is 2. The zero-order valence-electron chi connectivity index (χ0n) is 22.4. The summed E-state index contributed by atoms with van der Waals surface area (Å²) < 4.78 is 11.2. The van der Waals surface area contributed by atoms with E-state index in [0.29, 0.717) is 11.3 Å². The molecule has 218 valence electrons. The molecule has 2 aromatic rings. The molecule has 10 N–H and O–H groups in total. The van der Waals surface area contributed by atoms with Crippen LogP contribution in [0.2, 0.25) is 0 Å². The predicted molar refractivity (Wildman–Crippen MR) is 142 cm³/mol. The van der Waals surface area contributed by atoms with Gasteiger partial charge in [0.1, 0.15) is 23.8 Å². The third kappa shape index (κ3) is 7.49. The fraction of sp³-hybridized carbons (Fsp3) is 0.400. The summed E-state index contributed by atoms with van der Waals surface area (Å²) in [4.78, 5) is 23.1. The number of carbonyl (C=O) groups is 2. The number of nitrogens with two attached hydrogens (primary N) is 1. The largest absolute Gasteiger partial charge is 0.491 e. The van der Waals surface area contributed by atoms with E-state index in [9.17, 15) is 24.9 Å². The lowest BCUT2D eigenvalue weighted by Crippen LogP contribution is -2.70. The second-order valence-corrected chi connectivity index (χ2v) is 9.49. The second-order valence-electron chi connectivity index (χ2n) is 9.49. The summed E-state index contributed by atoms with van der Waals surface area (Å²) in [6.45, 7) is 7.56. The summed E-state index contributed by atoms with van der Waals surface area (Å²) in [6.07, 6.45) is -4.37. The molecule has 2 aromatic carbocycles. The first kappa shape index (κ1) is 30.4. The first-order chi connectivity index (χ1) is 18.8. The molecule has 1 saturated heterocycles. The van der Waals surface area contributed by atoms with Gasteiger partial charge >= 0.3 is 11.9 Å². The van der Waals surface area contributed by atoms with Gasteiger partial charge in [0.25, 0.3) is 5.72 Å². The number of nitrogens with one attached hydrogen (secondary N) is 4. The Balaban J connectivity index is 1.74. The minimum Gasteiger partial charge on any atom is -0.491 e. The number of ether oxygens (including phenoxy) is 2. The van der Waals surface area contributed by atoms with Gasteiger partial charge in [-0.25, -0.2) is 14.7 Å². The number of rotatable bonds is 13.